The highest BCUT2D eigenvalue weighted by Gasteiger charge is 2.43. The molecule has 1 fully saturated rings. The standard InChI is InChI=1S/C31H57BINO7/c1-4-5-6-7-8-9-10-11-12-13-14-15-18-21-27(35)39-25(2)31(36)34-22-19-16-17-20-23-38-29-28(41-33)26(24-37-3)40-30(29)32/h25-26,28-30H,4-24H2,1-3H3,(H,34,36)/t25?,26-,28?,29?,30-/m1/s1. The van der Waals surface area contributed by atoms with Crippen LogP contribution < -0.4 is 5.32 Å². The fourth-order valence-electron chi connectivity index (χ4n) is 5.10. The van der Waals surface area contributed by atoms with Crippen molar-refractivity contribution >= 4 is 42.7 Å². The molecule has 2 radical (unpaired) electrons. The Morgan fingerprint density at radius 2 is 1.41 bits per heavy atom. The first-order valence-corrected chi connectivity index (χ1v) is 17.1. The molecule has 41 heavy (non-hydrogen) atoms. The summed E-state index contributed by atoms with van der Waals surface area (Å²) in [7, 11) is 7.66. The van der Waals surface area contributed by atoms with Crippen LogP contribution in [0.1, 0.15) is 129 Å². The highest BCUT2D eigenvalue weighted by atomic mass is 127. The summed E-state index contributed by atoms with van der Waals surface area (Å²) in [5.74, 6) is -0.524. The minimum atomic E-state index is -0.759. The Morgan fingerprint density at radius 1 is 0.854 bits per heavy atom. The van der Waals surface area contributed by atoms with E-state index in [-0.39, 0.29) is 30.2 Å². The molecule has 0 aliphatic carbocycles. The number of carbonyl (C=O) groups is 2. The van der Waals surface area contributed by atoms with E-state index in [1.807, 2.05) is 23.0 Å². The molecule has 1 saturated heterocycles. The van der Waals surface area contributed by atoms with Crippen molar-refractivity contribution in [2.24, 2.45) is 0 Å². The molecule has 0 saturated carbocycles. The molecule has 0 aromatic heterocycles. The quantitative estimate of drug-likeness (QED) is 0.0442. The van der Waals surface area contributed by atoms with Gasteiger partial charge in [-0.25, -0.2) is 0 Å². The number of rotatable bonds is 27. The Bertz CT molecular complexity index is 660. The topological polar surface area (TPSA) is 92.3 Å². The van der Waals surface area contributed by atoms with Gasteiger partial charge in [0.15, 0.2) is 6.10 Å². The van der Waals surface area contributed by atoms with Gasteiger partial charge in [-0.3, -0.25) is 9.59 Å². The van der Waals surface area contributed by atoms with Crippen molar-refractivity contribution in [1.82, 2.24) is 5.32 Å². The van der Waals surface area contributed by atoms with Crippen molar-refractivity contribution in [3.8, 4) is 0 Å². The molecular formula is C31H57BINO7. The molecule has 1 aliphatic heterocycles. The third kappa shape index (κ3) is 18.8. The summed E-state index contributed by atoms with van der Waals surface area (Å²) in [6.07, 6.45) is 18.9. The van der Waals surface area contributed by atoms with Gasteiger partial charge < -0.3 is 27.3 Å². The highest BCUT2D eigenvalue weighted by molar-refractivity contribution is 14.1. The average molecular weight is 694 g/mol. The number of carbonyl (C=O) groups excluding carboxylic acids is 2. The Labute approximate surface area is 265 Å². The molecule has 0 aromatic rings. The minimum absolute atomic E-state index is 0.235. The zero-order valence-corrected chi connectivity index (χ0v) is 28.2. The van der Waals surface area contributed by atoms with Gasteiger partial charge in [-0.05, 0) is 26.2 Å². The van der Waals surface area contributed by atoms with E-state index >= 15 is 0 Å². The Morgan fingerprint density at radius 3 is 2.00 bits per heavy atom. The molecule has 1 aliphatic rings. The molecule has 3 unspecified atom stereocenters. The average Bonchev–Trinajstić information content (AvgIpc) is 3.26. The van der Waals surface area contributed by atoms with Crippen LogP contribution in [0.3, 0.4) is 0 Å². The second-order valence-electron chi connectivity index (χ2n) is 11.3. The normalized spacial score (nSPS) is 21.2. The summed E-state index contributed by atoms with van der Waals surface area (Å²) >= 11 is 1.85. The SMILES string of the molecule is [B][C@@H]1O[C@H](COC)C(OI)C1OCCCCCCNC(=O)C(C)OC(=O)CCCCCCCCCCCCCCC. The largest absolute Gasteiger partial charge is 0.453 e. The maximum Gasteiger partial charge on any atom is 0.306 e. The van der Waals surface area contributed by atoms with Crippen LogP contribution in [0.15, 0.2) is 0 Å². The number of esters is 1. The maximum atomic E-state index is 12.3. The molecule has 1 amide bonds. The second-order valence-corrected chi connectivity index (χ2v) is 11.8. The second kappa shape index (κ2) is 26.0. The summed E-state index contributed by atoms with van der Waals surface area (Å²) in [5.41, 5.74) is 0. The van der Waals surface area contributed by atoms with E-state index in [1.54, 1.807) is 14.0 Å². The smallest absolute Gasteiger partial charge is 0.306 e. The number of methoxy groups -OCH3 is 1. The number of hydrogen-bond donors (Lipinski definition) is 1. The Balaban J connectivity index is 1.95. The van der Waals surface area contributed by atoms with Crippen LogP contribution in [-0.4, -0.2) is 77.0 Å². The van der Waals surface area contributed by atoms with Crippen molar-refractivity contribution in [2.45, 2.75) is 160 Å². The van der Waals surface area contributed by atoms with Crippen LogP contribution in [0.2, 0.25) is 0 Å². The van der Waals surface area contributed by atoms with Gasteiger partial charge >= 0.3 is 5.97 Å². The summed E-state index contributed by atoms with van der Waals surface area (Å²) in [4.78, 5) is 24.4. The van der Waals surface area contributed by atoms with Gasteiger partial charge in [-0.2, -0.15) is 0 Å². The van der Waals surface area contributed by atoms with Crippen LogP contribution in [0.25, 0.3) is 0 Å². The summed E-state index contributed by atoms with van der Waals surface area (Å²) < 4.78 is 27.6. The van der Waals surface area contributed by atoms with Gasteiger partial charge in [0.2, 0.25) is 0 Å². The van der Waals surface area contributed by atoms with Crippen molar-refractivity contribution < 1.29 is 31.6 Å². The van der Waals surface area contributed by atoms with Crippen LogP contribution in [0.5, 0.6) is 0 Å². The summed E-state index contributed by atoms with van der Waals surface area (Å²) in [5, 5.41) is 2.87. The Hall–Kier alpha value is -0.425. The lowest BCUT2D eigenvalue weighted by molar-refractivity contribution is -0.154. The number of amides is 1. The predicted molar refractivity (Wildman–Crippen MR) is 172 cm³/mol. The van der Waals surface area contributed by atoms with Crippen molar-refractivity contribution in [2.75, 3.05) is 26.9 Å². The lowest BCUT2D eigenvalue weighted by Gasteiger charge is -2.21. The van der Waals surface area contributed by atoms with E-state index in [0.717, 1.165) is 44.9 Å². The molecule has 1 heterocycles. The zero-order chi connectivity index (χ0) is 30.1. The van der Waals surface area contributed by atoms with E-state index in [9.17, 15) is 9.59 Å². The van der Waals surface area contributed by atoms with Gasteiger partial charge in [0.1, 0.15) is 49.2 Å². The van der Waals surface area contributed by atoms with Crippen molar-refractivity contribution in [1.29, 1.82) is 0 Å². The first-order chi connectivity index (χ1) is 19.9. The van der Waals surface area contributed by atoms with Gasteiger partial charge in [-0.1, -0.05) is 96.8 Å². The van der Waals surface area contributed by atoms with Crippen LogP contribution in [0.4, 0.5) is 0 Å². The van der Waals surface area contributed by atoms with Crippen molar-refractivity contribution in [3.63, 3.8) is 0 Å². The zero-order valence-electron chi connectivity index (χ0n) is 26.0. The molecule has 0 bridgehead atoms. The van der Waals surface area contributed by atoms with E-state index in [4.69, 9.17) is 29.9 Å². The van der Waals surface area contributed by atoms with Gasteiger partial charge in [0.25, 0.3) is 5.91 Å². The summed E-state index contributed by atoms with van der Waals surface area (Å²) in [6.45, 7) is 5.43. The molecule has 238 valence electrons. The van der Waals surface area contributed by atoms with E-state index < -0.39 is 12.1 Å². The number of halogens is 1. The van der Waals surface area contributed by atoms with Crippen LogP contribution in [-0.2, 0) is 31.6 Å². The number of unbranched alkanes of at least 4 members (excludes halogenated alkanes) is 15. The minimum Gasteiger partial charge on any atom is -0.453 e. The molecule has 5 atom stereocenters. The molecule has 0 aromatic carbocycles. The fraction of sp³-hybridized carbons (Fsp3) is 0.935. The van der Waals surface area contributed by atoms with E-state index in [0.29, 0.717) is 26.2 Å². The van der Waals surface area contributed by atoms with Crippen LogP contribution in [0, 0.1) is 0 Å². The first-order valence-electron chi connectivity index (χ1n) is 16.2. The van der Waals surface area contributed by atoms with Crippen molar-refractivity contribution in [3.05, 3.63) is 0 Å². The molecule has 1 N–H and O–H groups in total. The Kier molecular flexibility index (Phi) is 24.5. The highest BCUT2D eigenvalue weighted by Crippen LogP contribution is 2.27. The maximum absolute atomic E-state index is 12.3. The lowest BCUT2D eigenvalue weighted by atomic mass is 9.93. The number of ether oxygens (including phenoxy) is 4. The third-order valence-electron chi connectivity index (χ3n) is 7.62. The fourth-order valence-corrected chi connectivity index (χ4v) is 5.72. The predicted octanol–water partition coefficient (Wildman–Crippen LogP) is 6.74. The van der Waals surface area contributed by atoms with Gasteiger partial charge in [-0.15, -0.1) is 0 Å². The first kappa shape index (κ1) is 38.6. The van der Waals surface area contributed by atoms with E-state index in [2.05, 4.69) is 12.2 Å². The van der Waals surface area contributed by atoms with Gasteiger partial charge in [0, 0.05) is 32.7 Å². The molecule has 1 rings (SSSR count). The van der Waals surface area contributed by atoms with Gasteiger partial charge in [0.05, 0.1) is 6.61 Å². The lowest BCUT2D eigenvalue weighted by Crippen LogP contribution is -2.37. The van der Waals surface area contributed by atoms with Crippen LogP contribution >= 0.6 is 23.0 Å². The monoisotopic (exact) mass is 693 g/mol. The summed E-state index contributed by atoms with van der Waals surface area (Å²) in [6, 6.07) is -0.532. The number of hydrogen-bond acceptors (Lipinski definition) is 7. The molecule has 0 spiro atoms. The van der Waals surface area contributed by atoms with E-state index in [1.165, 1.54) is 64.2 Å². The molecular weight excluding hydrogens is 636 g/mol. The third-order valence-corrected chi connectivity index (χ3v) is 8.21. The number of nitrogens with one attached hydrogen (secondary N) is 1. The molecule has 8 nitrogen and oxygen atoms in total. The molecule has 10 heteroatoms.